The fourth-order valence-electron chi connectivity index (χ4n) is 5.58. The van der Waals surface area contributed by atoms with Crippen molar-refractivity contribution in [1.82, 2.24) is 9.55 Å². The Morgan fingerprint density at radius 3 is 2.28 bits per heavy atom. The van der Waals surface area contributed by atoms with Crippen LogP contribution in [-0.4, -0.2) is 9.55 Å². The molecule has 3 nitrogen and oxygen atoms in total. The van der Waals surface area contributed by atoms with E-state index in [1.807, 2.05) is 11.3 Å². The Balaban J connectivity index is 1.87. The summed E-state index contributed by atoms with van der Waals surface area (Å²) in [5.74, 6) is 1.81. The van der Waals surface area contributed by atoms with Crippen molar-refractivity contribution in [2.75, 3.05) is 0 Å². The molecule has 180 valence electrons. The lowest BCUT2D eigenvalue weighted by Crippen LogP contribution is -2.30. The number of benzene rings is 3. The lowest BCUT2D eigenvalue weighted by molar-refractivity contribution is -0.633. The molecular formula is C32H32N3S+. The zero-order valence-corrected chi connectivity index (χ0v) is 22.6. The minimum absolute atomic E-state index is 0.275. The molecule has 0 saturated heterocycles. The van der Waals surface area contributed by atoms with Crippen LogP contribution >= 0.6 is 11.3 Å². The van der Waals surface area contributed by atoms with E-state index in [1.54, 1.807) is 0 Å². The van der Waals surface area contributed by atoms with Crippen LogP contribution in [0.1, 0.15) is 56.4 Å². The Labute approximate surface area is 216 Å². The second-order valence-corrected chi connectivity index (χ2v) is 11.4. The molecule has 0 spiro atoms. The first kappa shape index (κ1) is 22.9. The molecule has 0 saturated carbocycles. The number of hydrogen-bond acceptors (Lipinski definition) is 2. The molecule has 3 heterocycles. The summed E-state index contributed by atoms with van der Waals surface area (Å²) in [7, 11) is 2.19. The van der Waals surface area contributed by atoms with Crippen molar-refractivity contribution >= 4 is 42.7 Å². The van der Waals surface area contributed by atoms with Crippen LogP contribution in [0, 0.1) is 6.92 Å². The van der Waals surface area contributed by atoms with Crippen LogP contribution in [0.5, 0.6) is 0 Å². The van der Waals surface area contributed by atoms with Gasteiger partial charge in [-0.15, -0.1) is 11.3 Å². The van der Waals surface area contributed by atoms with Gasteiger partial charge in [0, 0.05) is 15.6 Å². The van der Waals surface area contributed by atoms with E-state index in [1.165, 1.54) is 54.0 Å². The molecule has 3 aromatic heterocycles. The lowest BCUT2D eigenvalue weighted by Gasteiger charge is -2.19. The zero-order chi connectivity index (χ0) is 25.1. The lowest BCUT2D eigenvalue weighted by atomic mass is 9.95. The van der Waals surface area contributed by atoms with E-state index >= 15 is 0 Å². The highest BCUT2D eigenvalue weighted by atomic mass is 32.1. The van der Waals surface area contributed by atoms with Gasteiger partial charge in [0.1, 0.15) is 0 Å². The number of fused-ring (bicyclic) bond motifs is 4. The minimum atomic E-state index is 0.275. The number of pyridine rings is 1. The van der Waals surface area contributed by atoms with Gasteiger partial charge in [-0.25, -0.2) is 9.55 Å². The van der Waals surface area contributed by atoms with Gasteiger partial charge >= 0.3 is 0 Å². The number of thiophene rings is 1. The molecule has 4 heteroatoms. The fraction of sp³-hybridized carbons (Fsp3) is 0.250. The monoisotopic (exact) mass is 490 g/mol. The fourth-order valence-corrected chi connectivity index (χ4v) is 6.92. The zero-order valence-electron chi connectivity index (χ0n) is 21.8. The summed E-state index contributed by atoms with van der Waals surface area (Å²) in [6.07, 6.45) is 0. The molecule has 0 amide bonds. The number of nitrogens with zero attached hydrogens (tertiary/aromatic N) is 3. The molecule has 6 rings (SSSR count). The van der Waals surface area contributed by atoms with Gasteiger partial charge in [-0.05, 0) is 48.6 Å². The van der Waals surface area contributed by atoms with Gasteiger partial charge in [0.2, 0.25) is 0 Å². The minimum Gasteiger partial charge on any atom is -0.247 e. The average molecular weight is 491 g/mol. The summed E-state index contributed by atoms with van der Waals surface area (Å²) in [6.45, 7) is 11.4. The van der Waals surface area contributed by atoms with Crippen LogP contribution in [0.2, 0.25) is 0 Å². The third-order valence-corrected chi connectivity index (χ3v) is 8.48. The summed E-state index contributed by atoms with van der Waals surface area (Å²) in [6, 6.07) is 26.2. The SMILES string of the molecule is Cc1ccccc1-c1n(-c2c(C(C)C)nc3c(sc4ccccc43)c2C(C)C)c2ccccc2[n+]1C. The number of hydrogen-bond donors (Lipinski definition) is 0. The standard InChI is InChI=1S/C32H32N3S/c1-19(2)27-30(28(20(3)4)33-29-23-15-9-12-18-26(23)36-31(27)29)35-25-17-11-10-16-24(25)34(6)32(35)22-14-8-7-13-21(22)5/h7-20H,1-6H3/q+1. The Morgan fingerprint density at radius 1 is 0.833 bits per heavy atom. The van der Waals surface area contributed by atoms with Crippen LogP contribution in [0.15, 0.2) is 72.8 Å². The highest BCUT2D eigenvalue weighted by Crippen LogP contribution is 2.44. The molecule has 6 aromatic rings. The third-order valence-electron chi connectivity index (χ3n) is 7.29. The van der Waals surface area contributed by atoms with Gasteiger partial charge in [0.15, 0.2) is 16.7 Å². The van der Waals surface area contributed by atoms with Crippen molar-refractivity contribution < 1.29 is 4.57 Å². The van der Waals surface area contributed by atoms with Crippen LogP contribution < -0.4 is 4.57 Å². The predicted molar refractivity (Wildman–Crippen MR) is 153 cm³/mol. The molecule has 0 aliphatic carbocycles. The average Bonchev–Trinajstić information content (AvgIpc) is 3.38. The van der Waals surface area contributed by atoms with E-state index in [9.17, 15) is 0 Å². The molecule has 0 fully saturated rings. The maximum absolute atomic E-state index is 5.44. The van der Waals surface area contributed by atoms with Crippen LogP contribution in [-0.2, 0) is 7.05 Å². The van der Waals surface area contributed by atoms with Gasteiger partial charge in [-0.3, -0.25) is 0 Å². The number of aryl methyl sites for hydroxylation is 2. The van der Waals surface area contributed by atoms with E-state index in [4.69, 9.17) is 4.98 Å². The molecule has 0 atom stereocenters. The van der Waals surface area contributed by atoms with Gasteiger partial charge in [0.05, 0.1) is 28.5 Å². The Bertz CT molecular complexity index is 1770. The first-order valence-electron chi connectivity index (χ1n) is 12.8. The molecule has 0 unspecified atom stereocenters. The van der Waals surface area contributed by atoms with Crippen molar-refractivity contribution in [2.24, 2.45) is 7.05 Å². The molecular weight excluding hydrogens is 458 g/mol. The van der Waals surface area contributed by atoms with Crippen molar-refractivity contribution in [2.45, 2.75) is 46.5 Å². The topological polar surface area (TPSA) is 21.7 Å². The molecule has 0 aliphatic rings. The number of rotatable bonds is 4. The Hall–Kier alpha value is -3.50. The number of para-hydroxylation sites is 2. The Kier molecular flexibility index (Phi) is 5.45. The van der Waals surface area contributed by atoms with E-state index in [0.717, 1.165) is 11.2 Å². The van der Waals surface area contributed by atoms with E-state index in [0.29, 0.717) is 5.92 Å². The van der Waals surface area contributed by atoms with Gasteiger partial charge < -0.3 is 0 Å². The van der Waals surface area contributed by atoms with Gasteiger partial charge in [0.25, 0.3) is 5.82 Å². The quantitative estimate of drug-likeness (QED) is 0.227. The number of imidazole rings is 1. The highest BCUT2D eigenvalue weighted by molar-refractivity contribution is 7.26. The van der Waals surface area contributed by atoms with E-state index in [-0.39, 0.29) is 5.92 Å². The van der Waals surface area contributed by atoms with Crippen LogP contribution in [0.3, 0.4) is 0 Å². The van der Waals surface area contributed by atoms with Crippen LogP contribution in [0.4, 0.5) is 0 Å². The maximum Gasteiger partial charge on any atom is 0.295 e. The summed E-state index contributed by atoms with van der Waals surface area (Å²) in [5.41, 5.74) is 9.88. The second-order valence-electron chi connectivity index (χ2n) is 10.4. The molecule has 3 aromatic carbocycles. The van der Waals surface area contributed by atoms with Crippen molar-refractivity contribution in [3.8, 4) is 17.1 Å². The van der Waals surface area contributed by atoms with Crippen LogP contribution in [0.25, 0.3) is 48.4 Å². The Morgan fingerprint density at radius 2 is 1.53 bits per heavy atom. The largest absolute Gasteiger partial charge is 0.295 e. The third kappa shape index (κ3) is 3.31. The first-order valence-corrected chi connectivity index (χ1v) is 13.6. The predicted octanol–water partition coefficient (Wildman–Crippen LogP) is 8.44. The van der Waals surface area contributed by atoms with Crippen molar-refractivity contribution in [3.05, 3.63) is 89.6 Å². The smallest absolute Gasteiger partial charge is 0.247 e. The first-order chi connectivity index (χ1) is 17.4. The summed E-state index contributed by atoms with van der Waals surface area (Å²) in [4.78, 5) is 5.44. The number of aromatic nitrogens is 3. The molecule has 36 heavy (non-hydrogen) atoms. The molecule has 0 aliphatic heterocycles. The van der Waals surface area contributed by atoms with E-state index < -0.39 is 0 Å². The van der Waals surface area contributed by atoms with Gasteiger partial charge in [-0.1, -0.05) is 76.2 Å². The highest BCUT2D eigenvalue weighted by Gasteiger charge is 2.33. The molecule has 0 N–H and O–H groups in total. The summed E-state index contributed by atoms with van der Waals surface area (Å²) in [5, 5.41) is 1.26. The van der Waals surface area contributed by atoms with Crippen molar-refractivity contribution in [3.63, 3.8) is 0 Å². The summed E-state index contributed by atoms with van der Waals surface area (Å²) < 4.78 is 7.46. The molecule has 0 bridgehead atoms. The normalized spacial score (nSPS) is 12.1. The van der Waals surface area contributed by atoms with Gasteiger partial charge in [-0.2, -0.15) is 4.57 Å². The summed E-state index contributed by atoms with van der Waals surface area (Å²) >= 11 is 1.88. The molecule has 0 radical (unpaired) electrons. The van der Waals surface area contributed by atoms with E-state index in [2.05, 4.69) is 124 Å². The van der Waals surface area contributed by atoms with Crippen molar-refractivity contribution in [1.29, 1.82) is 0 Å². The maximum atomic E-state index is 5.44. The second kappa shape index (κ2) is 8.56.